The average Bonchev–Trinajstić information content (AvgIpc) is 2.28. The molecule has 1 aromatic carbocycles. The molecule has 1 aliphatic rings. The molecule has 4 heteroatoms. The fourth-order valence-corrected chi connectivity index (χ4v) is 2.67. The summed E-state index contributed by atoms with van der Waals surface area (Å²) in [7, 11) is 0. The van der Waals surface area contributed by atoms with Crippen LogP contribution in [-0.2, 0) is 11.2 Å². The molecular formula is C15H20ClNO2. The van der Waals surface area contributed by atoms with E-state index in [1.54, 1.807) is 4.90 Å². The van der Waals surface area contributed by atoms with Crippen LogP contribution < -0.4 is 0 Å². The lowest BCUT2D eigenvalue weighted by molar-refractivity contribution is 0.0160. The van der Waals surface area contributed by atoms with Crippen LogP contribution in [0.3, 0.4) is 0 Å². The topological polar surface area (TPSA) is 29.5 Å². The van der Waals surface area contributed by atoms with E-state index < -0.39 is 5.60 Å². The van der Waals surface area contributed by atoms with Gasteiger partial charge in [0, 0.05) is 11.6 Å². The van der Waals surface area contributed by atoms with Crippen molar-refractivity contribution in [1.29, 1.82) is 0 Å². The quantitative estimate of drug-likeness (QED) is 0.713. The molecule has 0 saturated heterocycles. The van der Waals surface area contributed by atoms with Crippen LogP contribution in [0.2, 0.25) is 5.02 Å². The largest absolute Gasteiger partial charge is 0.444 e. The van der Waals surface area contributed by atoms with Gasteiger partial charge < -0.3 is 9.64 Å². The smallest absolute Gasteiger partial charge is 0.410 e. The normalized spacial score (nSPS) is 19.0. The first-order valence-corrected chi connectivity index (χ1v) is 6.94. The second kappa shape index (κ2) is 5.04. The Morgan fingerprint density at radius 1 is 1.42 bits per heavy atom. The van der Waals surface area contributed by atoms with Crippen molar-refractivity contribution >= 4 is 17.7 Å². The van der Waals surface area contributed by atoms with Gasteiger partial charge in [-0.1, -0.05) is 23.7 Å². The number of amides is 1. The van der Waals surface area contributed by atoms with Crippen molar-refractivity contribution in [2.24, 2.45) is 0 Å². The van der Waals surface area contributed by atoms with E-state index in [0.29, 0.717) is 6.54 Å². The summed E-state index contributed by atoms with van der Waals surface area (Å²) in [4.78, 5) is 14.0. The first-order chi connectivity index (χ1) is 8.79. The summed E-state index contributed by atoms with van der Waals surface area (Å²) in [5, 5.41) is 0.785. The Morgan fingerprint density at radius 3 is 2.74 bits per heavy atom. The van der Waals surface area contributed by atoms with Crippen molar-refractivity contribution in [1.82, 2.24) is 4.90 Å². The third-order valence-corrected chi connectivity index (χ3v) is 3.66. The third-order valence-electron chi connectivity index (χ3n) is 3.30. The summed E-state index contributed by atoms with van der Waals surface area (Å²) in [6, 6.07) is 5.85. The fourth-order valence-electron chi connectivity index (χ4n) is 2.39. The van der Waals surface area contributed by atoms with E-state index >= 15 is 0 Å². The molecule has 19 heavy (non-hydrogen) atoms. The Bertz CT molecular complexity index is 493. The van der Waals surface area contributed by atoms with Crippen molar-refractivity contribution in [3.8, 4) is 0 Å². The zero-order chi connectivity index (χ0) is 14.2. The van der Waals surface area contributed by atoms with Gasteiger partial charge in [-0.05, 0) is 51.3 Å². The van der Waals surface area contributed by atoms with Crippen molar-refractivity contribution in [3.05, 3.63) is 34.3 Å². The molecule has 0 unspecified atom stereocenters. The van der Waals surface area contributed by atoms with Gasteiger partial charge in [0.25, 0.3) is 0 Å². The zero-order valence-electron chi connectivity index (χ0n) is 11.9. The fraction of sp³-hybridized carbons (Fsp3) is 0.533. The Morgan fingerprint density at radius 2 is 2.11 bits per heavy atom. The van der Waals surface area contributed by atoms with Gasteiger partial charge >= 0.3 is 6.09 Å². The van der Waals surface area contributed by atoms with Gasteiger partial charge in [-0.15, -0.1) is 0 Å². The van der Waals surface area contributed by atoms with E-state index in [2.05, 4.69) is 0 Å². The monoisotopic (exact) mass is 281 g/mol. The van der Waals surface area contributed by atoms with E-state index in [-0.39, 0.29) is 12.1 Å². The second-order valence-corrected chi connectivity index (χ2v) is 6.31. The van der Waals surface area contributed by atoms with E-state index in [0.717, 1.165) is 22.6 Å². The molecule has 0 aliphatic carbocycles. The highest BCUT2D eigenvalue weighted by atomic mass is 35.5. The van der Waals surface area contributed by atoms with Crippen LogP contribution in [0.1, 0.15) is 44.9 Å². The van der Waals surface area contributed by atoms with E-state index in [4.69, 9.17) is 16.3 Å². The minimum Gasteiger partial charge on any atom is -0.444 e. The predicted molar refractivity (Wildman–Crippen MR) is 76.5 cm³/mol. The third kappa shape index (κ3) is 3.03. The van der Waals surface area contributed by atoms with E-state index in [1.807, 2.05) is 45.9 Å². The molecule has 104 valence electrons. The van der Waals surface area contributed by atoms with Crippen LogP contribution in [0, 0.1) is 0 Å². The second-order valence-electron chi connectivity index (χ2n) is 5.91. The molecule has 1 amide bonds. The highest BCUT2D eigenvalue weighted by Gasteiger charge is 2.31. The summed E-state index contributed by atoms with van der Waals surface area (Å²) in [5.74, 6) is 0. The number of rotatable bonds is 0. The maximum absolute atomic E-state index is 12.2. The van der Waals surface area contributed by atoms with Gasteiger partial charge in [-0.2, -0.15) is 0 Å². The van der Waals surface area contributed by atoms with Crippen molar-refractivity contribution in [2.75, 3.05) is 6.54 Å². The van der Waals surface area contributed by atoms with E-state index in [9.17, 15) is 4.79 Å². The Hall–Kier alpha value is -1.22. The molecule has 0 bridgehead atoms. The molecule has 0 N–H and O–H groups in total. The lowest BCUT2D eigenvalue weighted by atomic mass is 9.94. The predicted octanol–water partition coefficient (Wildman–Crippen LogP) is 4.19. The summed E-state index contributed by atoms with van der Waals surface area (Å²) < 4.78 is 5.45. The van der Waals surface area contributed by atoms with Crippen molar-refractivity contribution < 1.29 is 9.53 Å². The zero-order valence-corrected chi connectivity index (χ0v) is 12.6. The van der Waals surface area contributed by atoms with Gasteiger partial charge in [0.1, 0.15) is 5.60 Å². The number of ether oxygens (including phenoxy) is 1. The molecular weight excluding hydrogens is 262 g/mol. The van der Waals surface area contributed by atoms with Crippen LogP contribution in [0.15, 0.2) is 18.2 Å². The number of benzene rings is 1. The summed E-state index contributed by atoms with van der Waals surface area (Å²) in [5.41, 5.74) is 1.80. The number of fused-ring (bicyclic) bond motifs is 1. The van der Waals surface area contributed by atoms with Crippen LogP contribution in [0.4, 0.5) is 4.79 Å². The molecule has 1 heterocycles. The summed E-state index contributed by atoms with van der Waals surface area (Å²) in [6.07, 6.45) is 0.518. The van der Waals surface area contributed by atoms with Crippen LogP contribution in [-0.4, -0.2) is 23.1 Å². The molecule has 1 aliphatic heterocycles. The number of halogens is 1. The summed E-state index contributed by atoms with van der Waals surface area (Å²) >= 11 is 6.21. The molecule has 0 radical (unpaired) electrons. The van der Waals surface area contributed by atoms with Crippen LogP contribution >= 0.6 is 11.6 Å². The molecule has 0 fully saturated rings. The average molecular weight is 282 g/mol. The lowest BCUT2D eigenvalue weighted by Crippen LogP contribution is -2.42. The molecule has 1 aromatic rings. The molecule has 3 nitrogen and oxygen atoms in total. The SMILES string of the molecule is C[C@H]1c2cccc(Cl)c2CCN1C(=O)OC(C)(C)C. The highest BCUT2D eigenvalue weighted by molar-refractivity contribution is 6.31. The van der Waals surface area contributed by atoms with Crippen LogP contribution in [0.25, 0.3) is 0 Å². The number of hydrogen-bond acceptors (Lipinski definition) is 2. The number of hydrogen-bond donors (Lipinski definition) is 0. The van der Waals surface area contributed by atoms with Gasteiger partial charge in [-0.25, -0.2) is 4.79 Å². The first-order valence-electron chi connectivity index (χ1n) is 6.56. The Balaban J connectivity index is 2.22. The number of nitrogens with zero attached hydrogens (tertiary/aromatic N) is 1. The van der Waals surface area contributed by atoms with Crippen LogP contribution in [0.5, 0.6) is 0 Å². The number of carbonyl (C=O) groups is 1. The minimum absolute atomic E-state index is 0.00250. The van der Waals surface area contributed by atoms with Crippen molar-refractivity contribution in [3.63, 3.8) is 0 Å². The van der Waals surface area contributed by atoms with Crippen molar-refractivity contribution in [2.45, 2.75) is 45.8 Å². The van der Waals surface area contributed by atoms with Gasteiger partial charge in [-0.3, -0.25) is 0 Å². The number of carbonyl (C=O) groups excluding carboxylic acids is 1. The molecule has 0 spiro atoms. The lowest BCUT2D eigenvalue weighted by Gasteiger charge is -2.36. The first kappa shape index (κ1) is 14.2. The minimum atomic E-state index is -0.467. The standard InChI is InChI=1S/C15H20ClNO2/c1-10-11-6-5-7-13(16)12(11)8-9-17(10)14(18)19-15(2,3)4/h5-7,10H,8-9H2,1-4H3/t10-/m0/s1. The summed E-state index contributed by atoms with van der Waals surface area (Å²) in [6.45, 7) is 8.30. The van der Waals surface area contributed by atoms with E-state index in [1.165, 1.54) is 0 Å². The molecule has 0 aromatic heterocycles. The van der Waals surface area contributed by atoms with Gasteiger partial charge in [0.2, 0.25) is 0 Å². The van der Waals surface area contributed by atoms with Gasteiger partial charge in [0.15, 0.2) is 0 Å². The maximum Gasteiger partial charge on any atom is 0.410 e. The molecule has 1 atom stereocenters. The van der Waals surface area contributed by atoms with Gasteiger partial charge in [0.05, 0.1) is 6.04 Å². The molecule has 2 rings (SSSR count). The highest BCUT2D eigenvalue weighted by Crippen LogP contribution is 2.34. The maximum atomic E-state index is 12.2. The molecule has 0 saturated carbocycles. The Kier molecular flexibility index (Phi) is 3.77. The Labute approximate surface area is 119 Å².